The van der Waals surface area contributed by atoms with Crippen LogP contribution < -0.4 is 14.2 Å². The Kier molecular flexibility index (Phi) is 11.6. The minimum atomic E-state index is -3.63. The predicted molar refractivity (Wildman–Crippen MR) is 159 cm³/mol. The Morgan fingerprint density at radius 1 is 0.805 bits per heavy atom. The first kappa shape index (κ1) is 33.9. The number of benzene rings is 2. The summed E-state index contributed by atoms with van der Waals surface area (Å²) in [7, 11) is 5.48. The first-order valence-corrected chi connectivity index (χ1v) is 15.6. The predicted octanol–water partition coefficient (Wildman–Crippen LogP) is 6.40. The second kappa shape index (κ2) is 14.1. The van der Waals surface area contributed by atoms with Crippen LogP contribution in [0, 0.1) is 7.14 Å². The molecule has 2 aromatic carbocycles. The summed E-state index contributed by atoms with van der Waals surface area (Å²) in [6.07, 6.45) is -2.54. The molecule has 0 radical (unpaired) electrons. The number of hydrogen-bond acceptors (Lipinski definition) is 9. The van der Waals surface area contributed by atoms with E-state index in [1.165, 1.54) is 33.5 Å². The van der Waals surface area contributed by atoms with Gasteiger partial charge in [-0.1, -0.05) is 0 Å². The molecule has 0 spiro atoms. The fourth-order valence-electron chi connectivity index (χ4n) is 3.58. The van der Waals surface area contributed by atoms with Crippen molar-refractivity contribution in [2.45, 2.75) is 65.2 Å². The third-order valence-electron chi connectivity index (χ3n) is 5.35. The van der Waals surface area contributed by atoms with Gasteiger partial charge < -0.3 is 0 Å². The third-order valence-corrected chi connectivity index (χ3v) is 9.19. The minimum absolute atomic E-state index is 0.273. The number of ether oxygens (including phenoxy) is 6. The molecule has 12 heteroatoms. The zero-order valence-corrected chi connectivity index (χ0v) is 27.3. The third kappa shape index (κ3) is 9.37. The Hall–Kier alpha value is -3.29. The van der Waals surface area contributed by atoms with Crippen molar-refractivity contribution < 1.29 is 45.7 Å². The van der Waals surface area contributed by atoms with E-state index in [1.807, 2.05) is 0 Å². The van der Waals surface area contributed by atoms with Gasteiger partial charge in [-0.15, -0.1) is 0 Å². The van der Waals surface area contributed by atoms with E-state index >= 15 is 2.86 Å². The summed E-state index contributed by atoms with van der Waals surface area (Å²) in [6, 6.07) is 8.07. The molecule has 2 aromatic rings. The van der Waals surface area contributed by atoms with Crippen LogP contribution in [0.25, 0.3) is 0 Å². The molecule has 0 bridgehead atoms. The molecule has 0 aliphatic carbocycles. The first-order valence-electron chi connectivity index (χ1n) is 12.6. The van der Waals surface area contributed by atoms with Gasteiger partial charge in [-0.2, -0.15) is 0 Å². The van der Waals surface area contributed by atoms with Crippen LogP contribution in [0.5, 0.6) is 17.2 Å². The summed E-state index contributed by atoms with van der Waals surface area (Å²) in [4.78, 5) is 40.4. The summed E-state index contributed by atoms with van der Waals surface area (Å²) in [5, 5.41) is 0. The molecule has 0 aliphatic rings. The van der Waals surface area contributed by atoms with Crippen molar-refractivity contribution in [3.63, 3.8) is 0 Å². The monoisotopic (exact) mass is 691 g/mol. The molecule has 0 unspecified atom stereocenters. The number of rotatable bonds is 9. The summed E-state index contributed by atoms with van der Waals surface area (Å²) in [6.45, 7) is 9.71. The molecule has 41 heavy (non-hydrogen) atoms. The molecule has 2 amide bonds. The maximum absolute atomic E-state index is 16.3. The van der Waals surface area contributed by atoms with E-state index in [-0.39, 0.29) is 21.5 Å². The molecule has 0 saturated heterocycles. The Labute approximate surface area is 248 Å². The second-order valence-corrected chi connectivity index (χ2v) is 14.5. The van der Waals surface area contributed by atoms with E-state index in [2.05, 4.69) is 0 Å². The second-order valence-electron chi connectivity index (χ2n) is 10.8. The molecular weight excluding hydrogens is 652 g/mol. The van der Waals surface area contributed by atoms with Crippen LogP contribution in [0.2, 0.25) is 0 Å². The van der Waals surface area contributed by atoms with Crippen molar-refractivity contribution in [1.82, 2.24) is 4.90 Å². The topological polar surface area (TPSA) is 110 Å². The van der Waals surface area contributed by atoms with Crippen molar-refractivity contribution in [2.24, 2.45) is 0 Å². The molecular formula is C29H39FINO9. The number of esters is 1. The average Bonchev–Trinajstić information content (AvgIpc) is 2.89. The molecule has 0 heterocycles. The summed E-state index contributed by atoms with van der Waals surface area (Å²) < 4.78 is 49.0. The van der Waals surface area contributed by atoms with E-state index < -0.39 is 55.8 Å². The van der Waals surface area contributed by atoms with Crippen molar-refractivity contribution in [1.29, 1.82) is 0 Å². The Morgan fingerprint density at radius 3 is 1.71 bits per heavy atom. The fourth-order valence-corrected chi connectivity index (χ4v) is 6.78. The number of amides is 2. The van der Waals surface area contributed by atoms with Crippen LogP contribution in [0.15, 0.2) is 36.4 Å². The van der Waals surface area contributed by atoms with Crippen LogP contribution in [0.4, 0.5) is 12.4 Å². The molecule has 1 atom stereocenters. The maximum atomic E-state index is 16.3. The van der Waals surface area contributed by atoms with Gasteiger partial charge >= 0.3 is 249 Å². The van der Waals surface area contributed by atoms with Crippen molar-refractivity contribution in [3.8, 4) is 17.2 Å². The number of imide groups is 1. The van der Waals surface area contributed by atoms with E-state index in [4.69, 9.17) is 28.4 Å². The molecule has 0 saturated carbocycles. The van der Waals surface area contributed by atoms with Crippen molar-refractivity contribution >= 4 is 38.5 Å². The number of nitrogens with zero attached hydrogens (tertiary/aromatic N) is 1. The van der Waals surface area contributed by atoms with Crippen LogP contribution >= 0.6 is 20.4 Å². The quantitative estimate of drug-likeness (QED) is 0.168. The molecule has 0 N–H and O–H groups in total. The summed E-state index contributed by atoms with van der Waals surface area (Å²) >= 11 is -3.63. The van der Waals surface area contributed by atoms with Crippen LogP contribution in [0.3, 0.4) is 0 Å². The van der Waals surface area contributed by atoms with Gasteiger partial charge in [0.25, 0.3) is 0 Å². The summed E-state index contributed by atoms with van der Waals surface area (Å²) in [5.74, 6) is 0.202. The zero-order valence-electron chi connectivity index (χ0n) is 25.1. The molecule has 2 rings (SSSR count). The summed E-state index contributed by atoms with van der Waals surface area (Å²) in [5.41, 5.74) is -1.68. The van der Waals surface area contributed by atoms with Crippen molar-refractivity contribution in [3.05, 3.63) is 49.1 Å². The molecule has 10 nitrogen and oxygen atoms in total. The van der Waals surface area contributed by atoms with Gasteiger partial charge in [-0.25, -0.2) is 0 Å². The standard InChI is InChI=1S/C29H39FINO9/c1-28(2,3)40-26(34)32(27(35)41-29(4,5)6)22(25(33)39-10)15-18-16-23(37-8)24(38-9)17-21(18)31(30)19-11-13-20(36-7)14-12-19/h11-14,16-17,22H,15H2,1-10H3/t22-/m0/s1. The number of carbonyl (C=O) groups is 3. The van der Waals surface area contributed by atoms with Crippen LogP contribution in [-0.2, 0) is 25.4 Å². The molecule has 0 fully saturated rings. The fraction of sp³-hybridized carbons (Fsp3) is 0.483. The van der Waals surface area contributed by atoms with Gasteiger partial charge in [0.2, 0.25) is 0 Å². The van der Waals surface area contributed by atoms with Gasteiger partial charge in [-0.05, 0) is 0 Å². The Balaban J connectivity index is 2.72. The van der Waals surface area contributed by atoms with Crippen molar-refractivity contribution in [2.75, 3.05) is 28.4 Å². The number of halogens is 2. The number of carbonyl (C=O) groups excluding carboxylic acids is 3. The van der Waals surface area contributed by atoms with E-state index in [0.29, 0.717) is 19.8 Å². The van der Waals surface area contributed by atoms with Crippen LogP contribution in [-0.4, -0.2) is 68.7 Å². The van der Waals surface area contributed by atoms with Crippen LogP contribution in [0.1, 0.15) is 47.1 Å². The Bertz CT molecular complexity index is 1190. The van der Waals surface area contributed by atoms with Gasteiger partial charge in [0, 0.05) is 0 Å². The molecule has 228 valence electrons. The molecule has 0 aliphatic heterocycles. The SMILES string of the molecule is COC(=O)[C@H](Cc1cc(OC)c(OC)cc1I(F)c1ccc(OC)cc1)N(C(=O)OC(C)(C)C)C(=O)OC(C)(C)C. The average molecular weight is 692 g/mol. The normalized spacial score (nSPS) is 12.5. The van der Waals surface area contributed by atoms with Gasteiger partial charge in [0.1, 0.15) is 0 Å². The van der Waals surface area contributed by atoms with Gasteiger partial charge in [0.15, 0.2) is 0 Å². The first-order chi connectivity index (χ1) is 19.0. The van der Waals surface area contributed by atoms with Gasteiger partial charge in [-0.3, -0.25) is 0 Å². The molecule has 0 aromatic heterocycles. The Morgan fingerprint density at radius 2 is 1.29 bits per heavy atom. The zero-order chi connectivity index (χ0) is 31.1. The number of methoxy groups -OCH3 is 4. The van der Waals surface area contributed by atoms with Gasteiger partial charge in [0.05, 0.1) is 0 Å². The van der Waals surface area contributed by atoms with E-state index in [1.54, 1.807) is 65.8 Å². The van der Waals surface area contributed by atoms with E-state index in [9.17, 15) is 14.4 Å². The number of hydrogen-bond donors (Lipinski definition) is 0. The van der Waals surface area contributed by atoms with E-state index in [0.717, 1.165) is 7.11 Å².